The summed E-state index contributed by atoms with van der Waals surface area (Å²) in [4.78, 5) is 8.09. The Morgan fingerprint density at radius 3 is 3.00 bits per heavy atom. The van der Waals surface area contributed by atoms with E-state index in [0.717, 1.165) is 11.1 Å². The molecule has 4 nitrogen and oxygen atoms in total. The lowest BCUT2D eigenvalue weighted by molar-refractivity contribution is 0.276. The Kier molecular flexibility index (Phi) is 2.28. The number of oxazole rings is 1. The molecule has 0 aliphatic rings. The summed E-state index contributed by atoms with van der Waals surface area (Å²) in [6, 6.07) is 1.84. The van der Waals surface area contributed by atoms with E-state index in [1.165, 1.54) is 6.26 Å². The van der Waals surface area contributed by atoms with Crippen LogP contribution in [-0.2, 0) is 6.61 Å². The molecule has 72 valence electrons. The summed E-state index contributed by atoms with van der Waals surface area (Å²) >= 11 is 0. The van der Waals surface area contributed by atoms with Crippen LogP contribution in [0.3, 0.4) is 0 Å². The number of hydrogen-bond donors (Lipinski definition) is 1. The molecule has 0 amide bonds. The lowest BCUT2D eigenvalue weighted by Gasteiger charge is -1.98. The van der Waals surface area contributed by atoms with Crippen LogP contribution in [0.2, 0.25) is 0 Å². The number of aliphatic hydroxyl groups excluding tert-OH is 1. The van der Waals surface area contributed by atoms with Crippen LogP contribution in [0.4, 0.5) is 0 Å². The zero-order chi connectivity index (χ0) is 9.97. The fourth-order valence-corrected chi connectivity index (χ4v) is 1.22. The SMILES string of the molecule is Cc1cnccc1-c1nc(CO)co1. The van der Waals surface area contributed by atoms with E-state index in [2.05, 4.69) is 9.97 Å². The summed E-state index contributed by atoms with van der Waals surface area (Å²) < 4.78 is 5.22. The van der Waals surface area contributed by atoms with E-state index < -0.39 is 0 Å². The first-order valence-electron chi connectivity index (χ1n) is 4.27. The van der Waals surface area contributed by atoms with Crippen LogP contribution in [0.5, 0.6) is 0 Å². The van der Waals surface area contributed by atoms with Gasteiger partial charge in [0.2, 0.25) is 5.89 Å². The van der Waals surface area contributed by atoms with E-state index in [1.807, 2.05) is 13.0 Å². The largest absolute Gasteiger partial charge is 0.444 e. The highest BCUT2D eigenvalue weighted by molar-refractivity contribution is 5.56. The molecular formula is C10H10N2O2. The van der Waals surface area contributed by atoms with Crippen molar-refractivity contribution in [3.05, 3.63) is 36.0 Å². The molecule has 0 spiro atoms. The van der Waals surface area contributed by atoms with Crippen LogP contribution in [-0.4, -0.2) is 15.1 Å². The average Bonchev–Trinajstić information content (AvgIpc) is 2.67. The van der Waals surface area contributed by atoms with Gasteiger partial charge in [-0.2, -0.15) is 0 Å². The van der Waals surface area contributed by atoms with Gasteiger partial charge < -0.3 is 9.52 Å². The molecule has 2 rings (SSSR count). The Hall–Kier alpha value is -1.68. The molecule has 2 aromatic rings. The normalized spacial score (nSPS) is 10.4. The van der Waals surface area contributed by atoms with Gasteiger partial charge in [0.05, 0.1) is 6.61 Å². The highest BCUT2D eigenvalue weighted by Crippen LogP contribution is 2.21. The van der Waals surface area contributed by atoms with E-state index in [1.54, 1.807) is 12.4 Å². The van der Waals surface area contributed by atoms with Crippen molar-refractivity contribution in [1.82, 2.24) is 9.97 Å². The van der Waals surface area contributed by atoms with Gasteiger partial charge in [-0.1, -0.05) is 0 Å². The second kappa shape index (κ2) is 3.59. The molecule has 2 heterocycles. The highest BCUT2D eigenvalue weighted by atomic mass is 16.3. The van der Waals surface area contributed by atoms with Gasteiger partial charge in [0.1, 0.15) is 12.0 Å². The maximum atomic E-state index is 8.83. The fourth-order valence-electron chi connectivity index (χ4n) is 1.22. The minimum absolute atomic E-state index is 0.104. The number of nitrogens with zero attached hydrogens (tertiary/aromatic N) is 2. The van der Waals surface area contributed by atoms with Crippen LogP contribution in [0, 0.1) is 6.92 Å². The maximum Gasteiger partial charge on any atom is 0.226 e. The van der Waals surface area contributed by atoms with Crippen LogP contribution in [0.25, 0.3) is 11.5 Å². The Bertz CT molecular complexity index is 437. The molecule has 0 aromatic carbocycles. The molecule has 0 aliphatic heterocycles. The number of aromatic nitrogens is 2. The Balaban J connectivity index is 2.44. The van der Waals surface area contributed by atoms with Crippen LogP contribution in [0.15, 0.2) is 29.1 Å². The second-order valence-electron chi connectivity index (χ2n) is 2.99. The summed E-state index contributed by atoms with van der Waals surface area (Å²) in [5, 5.41) is 8.83. The topological polar surface area (TPSA) is 59.2 Å². The van der Waals surface area contributed by atoms with Gasteiger partial charge in [-0.15, -0.1) is 0 Å². The van der Waals surface area contributed by atoms with Crippen molar-refractivity contribution < 1.29 is 9.52 Å². The van der Waals surface area contributed by atoms with E-state index in [0.29, 0.717) is 11.6 Å². The first-order valence-corrected chi connectivity index (χ1v) is 4.27. The van der Waals surface area contributed by atoms with Gasteiger partial charge >= 0.3 is 0 Å². The number of aliphatic hydroxyl groups is 1. The quantitative estimate of drug-likeness (QED) is 0.780. The van der Waals surface area contributed by atoms with E-state index in [4.69, 9.17) is 9.52 Å². The average molecular weight is 190 g/mol. The molecule has 0 bridgehead atoms. The molecular weight excluding hydrogens is 180 g/mol. The van der Waals surface area contributed by atoms with Gasteiger partial charge in [-0.05, 0) is 18.6 Å². The molecule has 0 atom stereocenters. The van der Waals surface area contributed by atoms with E-state index >= 15 is 0 Å². The van der Waals surface area contributed by atoms with Crippen molar-refractivity contribution >= 4 is 0 Å². The third kappa shape index (κ3) is 1.52. The van der Waals surface area contributed by atoms with E-state index in [9.17, 15) is 0 Å². The van der Waals surface area contributed by atoms with Crippen LogP contribution < -0.4 is 0 Å². The van der Waals surface area contributed by atoms with Crippen molar-refractivity contribution in [3.8, 4) is 11.5 Å². The zero-order valence-electron chi connectivity index (χ0n) is 7.77. The second-order valence-corrected chi connectivity index (χ2v) is 2.99. The molecule has 0 fully saturated rings. The van der Waals surface area contributed by atoms with Crippen LogP contribution in [0.1, 0.15) is 11.3 Å². The van der Waals surface area contributed by atoms with Crippen molar-refractivity contribution in [2.75, 3.05) is 0 Å². The molecule has 1 N–H and O–H groups in total. The fraction of sp³-hybridized carbons (Fsp3) is 0.200. The first kappa shape index (κ1) is 8.90. The van der Waals surface area contributed by atoms with Crippen molar-refractivity contribution in [3.63, 3.8) is 0 Å². The van der Waals surface area contributed by atoms with Gasteiger partial charge in [0, 0.05) is 18.0 Å². The third-order valence-electron chi connectivity index (χ3n) is 1.96. The Morgan fingerprint density at radius 1 is 1.50 bits per heavy atom. The molecule has 0 unspecified atom stereocenters. The van der Waals surface area contributed by atoms with Gasteiger partial charge in [-0.25, -0.2) is 4.98 Å². The van der Waals surface area contributed by atoms with Gasteiger partial charge in [-0.3, -0.25) is 4.98 Å². The lowest BCUT2D eigenvalue weighted by Crippen LogP contribution is -1.86. The van der Waals surface area contributed by atoms with Crippen LogP contribution >= 0.6 is 0 Å². The molecule has 0 saturated heterocycles. The molecule has 0 radical (unpaired) electrons. The summed E-state index contributed by atoms with van der Waals surface area (Å²) in [7, 11) is 0. The molecule has 0 saturated carbocycles. The Morgan fingerprint density at radius 2 is 2.36 bits per heavy atom. The number of hydrogen-bond acceptors (Lipinski definition) is 4. The lowest BCUT2D eigenvalue weighted by atomic mass is 10.1. The number of rotatable bonds is 2. The van der Waals surface area contributed by atoms with Crippen molar-refractivity contribution in [1.29, 1.82) is 0 Å². The summed E-state index contributed by atoms with van der Waals surface area (Å²) in [6.07, 6.45) is 4.89. The summed E-state index contributed by atoms with van der Waals surface area (Å²) in [5.74, 6) is 0.522. The van der Waals surface area contributed by atoms with Gasteiger partial charge in [0.25, 0.3) is 0 Å². The predicted molar refractivity (Wildman–Crippen MR) is 50.4 cm³/mol. The monoisotopic (exact) mass is 190 g/mol. The number of pyridine rings is 1. The summed E-state index contributed by atoms with van der Waals surface area (Å²) in [6.45, 7) is 1.83. The molecule has 4 heteroatoms. The molecule has 14 heavy (non-hydrogen) atoms. The van der Waals surface area contributed by atoms with Gasteiger partial charge in [0.15, 0.2) is 0 Å². The first-order chi connectivity index (χ1) is 6.81. The third-order valence-corrected chi connectivity index (χ3v) is 1.96. The maximum absolute atomic E-state index is 8.83. The molecule has 2 aromatic heterocycles. The predicted octanol–water partition coefficient (Wildman–Crippen LogP) is 1.54. The van der Waals surface area contributed by atoms with E-state index in [-0.39, 0.29) is 6.61 Å². The van der Waals surface area contributed by atoms with Crippen molar-refractivity contribution in [2.45, 2.75) is 13.5 Å². The Labute approximate surface area is 81.2 Å². The smallest absolute Gasteiger partial charge is 0.226 e. The highest BCUT2D eigenvalue weighted by Gasteiger charge is 2.07. The minimum Gasteiger partial charge on any atom is -0.444 e. The van der Waals surface area contributed by atoms with Crippen molar-refractivity contribution in [2.24, 2.45) is 0 Å². The molecule has 0 aliphatic carbocycles. The minimum atomic E-state index is -0.104. The number of aryl methyl sites for hydroxylation is 1. The standard InChI is InChI=1S/C10H10N2O2/c1-7-4-11-3-2-9(7)10-12-8(5-13)6-14-10/h2-4,6,13H,5H2,1H3. The zero-order valence-corrected chi connectivity index (χ0v) is 7.77. The summed E-state index contributed by atoms with van der Waals surface area (Å²) in [5.41, 5.74) is 2.44.